The Morgan fingerprint density at radius 1 is 1.19 bits per heavy atom. The molecule has 0 radical (unpaired) electrons. The van der Waals surface area contributed by atoms with E-state index in [2.05, 4.69) is 25.1 Å². The van der Waals surface area contributed by atoms with Gasteiger partial charge in [0.2, 0.25) is 0 Å². The minimum atomic E-state index is -4.25. The molecule has 6 rings (SSSR count). The third-order valence-corrected chi connectivity index (χ3v) is 9.69. The molecule has 0 saturated carbocycles. The van der Waals surface area contributed by atoms with Gasteiger partial charge < -0.3 is 9.64 Å². The van der Waals surface area contributed by atoms with Gasteiger partial charge in [-0.3, -0.25) is 10.3 Å². The Morgan fingerprint density at radius 3 is 2.65 bits per heavy atom. The lowest BCUT2D eigenvalue weighted by Gasteiger charge is -2.32. The van der Waals surface area contributed by atoms with Gasteiger partial charge in [-0.05, 0) is 51.1 Å². The molecule has 2 aliphatic heterocycles. The summed E-state index contributed by atoms with van der Waals surface area (Å²) < 4.78 is 77.0. The number of nitrogens with one attached hydrogen (secondary N) is 2. The van der Waals surface area contributed by atoms with Crippen LogP contribution in [-0.4, -0.2) is 63.2 Å². The lowest BCUT2D eigenvalue weighted by atomic mass is 9.92. The Morgan fingerprint density at radius 2 is 1.98 bits per heavy atom. The van der Waals surface area contributed by atoms with E-state index in [4.69, 9.17) is 21.3 Å². The fourth-order valence-corrected chi connectivity index (χ4v) is 7.46. The number of carbonyl (C=O) groups is 1. The maximum atomic E-state index is 14.1. The van der Waals surface area contributed by atoms with Gasteiger partial charge >= 0.3 is 12.6 Å². The number of sulfonamides is 1. The second kappa shape index (κ2) is 12.9. The minimum absolute atomic E-state index is 0.0345. The van der Waals surface area contributed by atoms with E-state index in [0.29, 0.717) is 32.4 Å². The number of halogens is 4. The number of rotatable bonds is 8. The molecule has 1 saturated heterocycles. The molecule has 1 aromatic carbocycles. The van der Waals surface area contributed by atoms with Gasteiger partial charge in [-0.2, -0.15) is 13.9 Å². The summed E-state index contributed by atoms with van der Waals surface area (Å²) in [5, 5.41) is 8.50. The number of aromatic nitrogens is 4. The molecule has 48 heavy (non-hydrogen) atoms. The topological polar surface area (TPSA) is 144 Å². The van der Waals surface area contributed by atoms with Crippen LogP contribution in [0.4, 0.5) is 23.8 Å². The number of amidine groups is 1. The predicted octanol–water partition coefficient (Wildman–Crippen LogP) is 6.23. The fraction of sp³-hybridized carbons (Fsp3) is 0.300. The van der Waals surface area contributed by atoms with Gasteiger partial charge in [0.05, 0.1) is 5.69 Å². The van der Waals surface area contributed by atoms with Crippen molar-refractivity contribution in [3.05, 3.63) is 93.0 Å². The van der Waals surface area contributed by atoms with E-state index < -0.39 is 46.2 Å². The van der Waals surface area contributed by atoms with Crippen LogP contribution in [0.2, 0.25) is 5.02 Å². The van der Waals surface area contributed by atoms with E-state index in [1.54, 1.807) is 37.2 Å². The number of pyridine rings is 1. The third-order valence-electron chi connectivity index (χ3n) is 7.17. The maximum absolute atomic E-state index is 14.1. The smallest absolute Gasteiger partial charge is 0.413 e. The number of carbonyl (C=O) groups excluding carboxylic acids is 1. The standard InChI is InChI=1S/C30H28ClF3N8O4S2/c1-30(2,3)46-29(43)37-22-5-4-6-23(36-22)48(44,45)40-17-14-21-24(20-9-11-42(39-20)28(33)34)25(18-8-7-16(32)13-19(18)31)38-26(41(21)15-17)27-35-10-12-47-27/h4-13,17,25,28,40H,14-15H2,1-3H3,(H,36,37,43)/t17-,25-/m0/s1. The molecule has 12 nitrogen and oxygen atoms in total. The number of hydrogen-bond donors (Lipinski definition) is 2. The molecule has 2 N–H and O–H groups in total. The molecule has 0 aliphatic carbocycles. The van der Waals surface area contributed by atoms with Crippen LogP contribution in [-0.2, 0) is 14.8 Å². The monoisotopic (exact) mass is 720 g/mol. The van der Waals surface area contributed by atoms with Crippen molar-refractivity contribution in [3.63, 3.8) is 0 Å². The van der Waals surface area contributed by atoms with E-state index >= 15 is 0 Å². The zero-order valence-electron chi connectivity index (χ0n) is 25.6. The summed E-state index contributed by atoms with van der Waals surface area (Å²) in [5.74, 6) is -0.214. The summed E-state index contributed by atoms with van der Waals surface area (Å²) in [7, 11) is -4.25. The highest BCUT2D eigenvalue weighted by Crippen LogP contribution is 2.46. The molecule has 18 heteroatoms. The first kappa shape index (κ1) is 33.6. The number of fused-ring (bicyclic) bond motifs is 1. The molecular formula is C30H28ClF3N8O4S2. The third kappa shape index (κ3) is 7.08. The minimum Gasteiger partial charge on any atom is -0.444 e. The van der Waals surface area contributed by atoms with E-state index in [1.165, 1.54) is 47.7 Å². The van der Waals surface area contributed by atoms with Crippen LogP contribution < -0.4 is 10.0 Å². The van der Waals surface area contributed by atoms with Crippen LogP contribution in [0.3, 0.4) is 0 Å². The number of ether oxygens (including phenoxy) is 1. The number of amides is 1. The van der Waals surface area contributed by atoms with E-state index in [9.17, 15) is 26.4 Å². The molecule has 1 fully saturated rings. The van der Waals surface area contributed by atoms with Gasteiger partial charge in [-0.25, -0.2) is 37.0 Å². The molecule has 0 bridgehead atoms. The van der Waals surface area contributed by atoms with Crippen molar-refractivity contribution in [2.45, 2.75) is 56.5 Å². The molecule has 5 heterocycles. The summed E-state index contributed by atoms with van der Waals surface area (Å²) in [6.45, 7) is 2.24. The van der Waals surface area contributed by atoms with Crippen LogP contribution in [0, 0.1) is 5.82 Å². The van der Waals surface area contributed by atoms with Crippen molar-refractivity contribution in [2.75, 3.05) is 11.9 Å². The van der Waals surface area contributed by atoms with Crippen molar-refractivity contribution in [2.24, 2.45) is 4.99 Å². The number of anilines is 1. The van der Waals surface area contributed by atoms with Gasteiger partial charge in [0.15, 0.2) is 15.9 Å². The van der Waals surface area contributed by atoms with Crippen LogP contribution in [0.15, 0.2) is 76.0 Å². The zero-order valence-corrected chi connectivity index (χ0v) is 28.0. The molecule has 0 spiro atoms. The quantitative estimate of drug-likeness (QED) is 0.218. The van der Waals surface area contributed by atoms with Crippen molar-refractivity contribution in [1.29, 1.82) is 0 Å². The Bertz CT molecular complexity index is 2030. The number of benzene rings is 1. The molecule has 3 aromatic heterocycles. The summed E-state index contributed by atoms with van der Waals surface area (Å²) in [4.78, 5) is 27.5. The molecule has 2 atom stereocenters. The van der Waals surface area contributed by atoms with E-state index in [-0.39, 0.29) is 34.5 Å². The van der Waals surface area contributed by atoms with Gasteiger partial charge in [-0.1, -0.05) is 23.7 Å². The highest BCUT2D eigenvalue weighted by Gasteiger charge is 2.42. The highest BCUT2D eigenvalue weighted by atomic mass is 35.5. The molecule has 252 valence electrons. The molecule has 4 aromatic rings. The Kier molecular flexibility index (Phi) is 9.06. The Balaban J connectivity index is 1.38. The van der Waals surface area contributed by atoms with Gasteiger partial charge in [0.25, 0.3) is 10.0 Å². The number of thiazole rings is 1. The van der Waals surface area contributed by atoms with Crippen LogP contribution >= 0.6 is 22.9 Å². The molecular weight excluding hydrogens is 693 g/mol. The second-order valence-electron chi connectivity index (χ2n) is 11.8. The summed E-state index contributed by atoms with van der Waals surface area (Å²) in [6, 6.07) is 7.68. The Hall–Kier alpha value is -4.32. The zero-order chi connectivity index (χ0) is 34.4. The average molecular weight is 721 g/mol. The molecule has 1 amide bonds. The second-order valence-corrected chi connectivity index (χ2v) is 14.8. The summed E-state index contributed by atoms with van der Waals surface area (Å²) in [6.07, 6.45) is 2.00. The normalized spacial score (nSPS) is 18.2. The number of nitrogens with zero attached hydrogens (tertiary/aromatic N) is 6. The first-order valence-electron chi connectivity index (χ1n) is 14.4. The van der Waals surface area contributed by atoms with Gasteiger partial charge in [0.1, 0.15) is 23.3 Å². The van der Waals surface area contributed by atoms with Crippen molar-refractivity contribution < 1.29 is 31.1 Å². The lowest BCUT2D eigenvalue weighted by Crippen LogP contribution is -2.39. The van der Waals surface area contributed by atoms with Crippen LogP contribution in [0.1, 0.15) is 56.0 Å². The van der Waals surface area contributed by atoms with Crippen LogP contribution in [0.25, 0.3) is 5.57 Å². The summed E-state index contributed by atoms with van der Waals surface area (Å²) in [5.41, 5.74) is 0.710. The Labute approximate surface area is 282 Å². The SMILES string of the molecule is CC(C)(C)OC(=O)Nc1cccc(S(=O)(=O)N[C@H]2CC3=C(c4ccn(C(F)F)n4)[C@H](c4ccc(F)cc4Cl)N=C(c4nccs4)N3C2)n1. The average Bonchev–Trinajstić information content (AvgIpc) is 3.77. The van der Waals surface area contributed by atoms with Crippen molar-refractivity contribution in [3.8, 4) is 0 Å². The fourth-order valence-electron chi connectivity index (χ4n) is 5.35. The first-order chi connectivity index (χ1) is 22.7. The summed E-state index contributed by atoms with van der Waals surface area (Å²) >= 11 is 7.81. The molecule has 2 aliphatic rings. The van der Waals surface area contributed by atoms with Crippen molar-refractivity contribution >= 4 is 56.3 Å². The molecule has 0 unspecified atom stereocenters. The van der Waals surface area contributed by atoms with E-state index in [0.717, 1.165) is 12.3 Å². The van der Waals surface area contributed by atoms with E-state index in [1.807, 2.05) is 0 Å². The first-order valence-corrected chi connectivity index (χ1v) is 17.2. The lowest BCUT2D eigenvalue weighted by molar-refractivity contribution is 0.0564. The van der Waals surface area contributed by atoms with Crippen LogP contribution in [0.5, 0.6) is 0 Å². The highest BCUT2D eigenvalue weighted by molar-refractivity contribution is 7.89. The number of hydrogen-bond acceptors (Lipinski definition) is 10. The largest absolute Gasteiger partial charge is 0.444 e. The number of alkyl halides is 2. The van der Waals surface area contributed by atoms with Crippen molar-refractivity contribution in [1.82, 2.24) is 29.4 Å². The maximum Gasteiger partial charge on any atom is 0.413 e. The number of aliphatic imine (C=N–C) groups is 1. The van der Waals surface area contributed by atoms with Gasteiger partial charge in [0, 0.05) is 58.6 Å². The predicted molar refractivity (Wildman–Crippen MR) is 173 cm³/mol. The van der Waals surface area contributed by atoms with Gasteiger partial charge in [-0.15, -0.1) is 11.3 Å².